The molecule has 0 aliphatic heterocycles. The van der Waals surface area contributed by atoms with Crippen LogP contribution < -0.4 is 10.6 Å². The number of nitrogens with one attached hydrogen (secondary N) is 2. The summed E-state index contributed by atoms with van der Waals surface area (Å²) in [4.78, 5) is 28.0. The second-order valence-electron chi connectivity index (χ2n) is 5.29. The molecule has 132 valence electrons. The third-order valence-corrected chi connectivity index (χ3v) is 4.14. The number of carbonyl (C=O) groups excluding carboxylic acids is 2. The topological polar surface area (TPSA) is 71.1 Å². The van der Waals surface area contributed by atoms with Gasteiger partial charge in [0.05, 0.1) is 12.2 Å². The second kappa shape index (κ2) is 7.83. The predicted octanol–water partition coefficient (Wildman–Crippen LogP) is 3.46. The first-order chi connectivity index (χ1) is 12.5. The van der Waals surface area contributed by atoms with Crippen molar-refractivity contribution in [2.24, 2.45) is 0 Å². The molecular weight excluding hydrogens is 360 g/mol. The average Bonchev–Trinajstić information content (AvgIpc) is 3.09. The smallest absolute Gasteiger partial charge is 0.251 e. The van der Waals surface area contributed by atoms with E-state index in [0.717, 1.165) is 0 Å². The molecule has 2 aromatic carbocycles. The molecule has 2 amide bonds. The Morgan fingerprint density at radius 2 is 1.81 bits per heavy atom. The zero-order valence-electron chi connectivity index (χ0n) is 13.3. The molecule has 0 spiro atoms. The van der Waals surface area contributed by atoms with Crippen LogP contribution in [0.4, 0.5) is 13.9 Å². The van der Waals surface area contributed by atoms with Crippen LogP contribution in [0.1, 0.15) is 10.4 Å². The van der Waals surface area contributed by atoms with Crippen molar-refractivity contribution in [3.63, 3.8) is 0 Å². The minimum atomic E-state index is -0.486. The van der Waals surface area contributed by atoms with Crippen molar-refractivity contribution in [3.8, 4) is 11.3 Å². The quantitative estimate of drug-likeness (QED) is 0.720. The summed E-state index contributed by atoms with van der Waals surface area (Å²) in [6.07, 6.45) is 0. The summed E-state index contributed by atoms with van der Waals surface area (Å²) >= 11 is 1.19. The summed E-state index contributed by atoms with van der Waals surface area (Å²) in [6.45, 7) is -0.259. The van der Waals surface area contributed by atoms with Crippen molar-refractivity contribution >= 4 is 28.3 Å². The van der Waals surface area contributed by atoms with Crippen LogP contribution in [0.3, 0.4) is 0 Å². The Morgan fingerprint density at radius 3 is 2.54 bits per heavy atom. The molecule has 0 aliphatic carbocycles. The highest BCUT2D eigenvalue weighted by Crippen LogP contribution is 2.25. The number of thiazole rings is 1. The van der Waals surface area contributed by atoms with E-state index in [9.17, 15) is 18.4 Å². The highest BCUT2D eigenvalue weighted by atomic mass is 32.1. The third-order valence-electron chi connectivity index (χ3n) is 3.39. The molecule has 0 saturated heterocycles. The fourth-order valence-electron chi connectivity index (χ4n) is 2.14. The van der Waals surface area contributed by atoms with Crippen LogP contribution in [0, 0.1) is 11.6 Å². The monoisotopic (exact) mass is 373 g/mol. The van der Waals surface area contributed by atoms with Gasteiger partial charge in [0.25, 0.3) is 5.91 Å². The lowest BCUT2D eigenvalue weighted by atomic mass is 10.2. The van der Waals surface area contributed by atoms with Gasteiger partial charge in [-0.2, -0.15) is 0 Å². The molecule has 0 fully saturated rings. The van der Waals surface area contributed by atoms with Crippen molar-refractivity contribution in [1.29, 1.82) is 0 Å². The Balaban J connectivity index is 1.55. The number of benzene rings is 2. The molecule has 0 radical (unpaired) electrons. The van der Waals surface area contributed by atoms with Crippen molar-refractivity contribution in [2.45, 2.75) is 0 Å². The lowest BCUT2D eigenvalue weighted by Gasteiger charge is -2.05. The maximum absolute atomic E-state index is 13.3. The Kier molecular flexibility index (Phi) is 5.33. The van der Waals surface area contributed by atoms with Crippen molar-refractivity contribution in [3.05, 3.63) is 71.1 Å². The zero-order valence-corrected chi connectivity index (χ0v) is 14.1. The maximum atomic E-state index is 13.3. The van der Waals surface area contributed by atoms with Gasteiger partial charge in [0, 0.05) is 16.5 Å². The molecule has 3 rings (SSSR count). The molecule has 26 heavy (non-hydrogen) atoms. The summed E-state index contributed by atoms with van der Waals surface area (Å²) in [7, 11) is 0. The van der Waals surface area contributed by atoms with Crippen molar-refractivity contribution in [1.82, 2.24) is 10.3 Å². The van der Waals surface area contributed by atoms with Crippen LogP contribution in [0.5, 0.6) is 0 Å². The minimum absolute atomic E-state index is 0.252. The summed E-state index contributed by atoms with van der Waals surface area (Å²) in [5.74, 6) is -1.76. The van der Waals surface area contributed by atoms with Gasteiger partial charge in [-0.05, 0) is 36.4 Å². The van der Waals surface area contributed by atoms with Crippen LogP contribution in [0.15, 0.2) is 53.9 Å². The van der Waals surface area contributed by atoms with Gasteiger partial charge < -0.3 is 10.6 Å². The Hall–Kier alpha value is -3.13. The zero-order chi connectivity index (χ0) is 18.5. The van der Waals surface area contributed by atoms with E-state index in [2.05, 4.69) is 15.6 Å². The fraction of sp³-hybridized carbons (Fsp3) is 0.0556. The van der Waals surface area contributed by atoms with E-state index in [1.54, 1.807) is 17.5 Å². The van der Waals surface area contributed by atoms with Crippen LogP contribution >= 0.6 is 11.3 Å². The van der Waals surface area contributed by atoms with E-state index in [0.29, 0.717) is 16.4 Å². The Bertz CT molecular complexity index is 942. The van der Waals surface area contributed by atoms with E-state index >= 15 is 0 Å². The lowest BCUT2D eigenvalue weighted by molar-refractivity contribution is -0.115. The highest BCUT2D eigenvalue weighted by Gasteiger charge is 2.11. The Labute approximate surface area is 151 Å². The summed E-state index contributed by atoms with van der Waals surface area (Å²) in [5, 5.41) is 7.04. The van der Waals surface area contributed by atoms with Gasteiger partial charge in [-0.25, -0.2) is 13.8 Å². The van der Waals surface area contributed by atoms with Gasteiger partial charge in [-0.3, -0.25) is 9.59 Å². The summed E-state index contributed by atoms with van der Waals surface area (Å²) < 4.78 is 26.1. The molecule has 0 bridgehead atoms. The molecule has 1 heterocycles. The first-order valence-corrected chi connectivity index (χ1v) is 8.44. The standard InChI is InChI=1S/C18H13F2N3O2S/c19-13-6-4-11(5-7-13)17(25)21-9-16(24)23-18-22-15(10-26-18)12-2-1-3-14(20)8-12/h1-8,10H,9H2,(H,21,25)(H,22,23,24). The largest absolute Gasteiger partial charge is 0.343 e. The molecule has 8 heteroatoms. The molecule has 2 N–H and O–H groups in total. The number of carbonyl (C=O) groups is 2. The number of amides is 2. The number of anilines is 1. The first-order valence-electron chi connectivity index (χ1n) is 7.56. The van der Waals surface area contributed by atoms with E-state index in [1.165, 1.54) is 47.7 Å². The normalized spacial score (nSPS) is 10.4. The van der Waals surface area contributed by atoms with Gasteiger partial charge in [-0.15, -0.1) is 11.3 Å². The summed E-state index contributed by atoms with van der Waals surface area (Å²) in [6, 6.07) is 11.0. The van der Waals surface area contributed by atoms with E-state index in [-0.39, 0.29) is 17.9 Å². The molecule has 0 saturated carbocycles. The molecule has 0 aliphatic rings. The van der Waals surface area contributed by atoms with Gasteiger partial charge >= 0.3 is 0 Å². The summed E-state index contributed by atoms with van der Waals surface area (Å²) in [5.41, 5.74) is 1.40. The van der Waals surface area contributed by atoms with Crippen molar-refractivity contribution in [2.75, 3.05) is 11.9 Å². The van der Waals surface area contributed by atoms with E-state index in [1.807, 2.05) is 0 Å². The number of nitrogens with zero attached hydrogens (tertiary/aromatic N) is 1. The molecule has 0 atom stereocenters. The number of hydrogen-bond acceptors (Lipinski definition) is 4. The maximum Gasteiger partial charge on any atom is 0.251 e. The first kappa shape index (κ1) is 17.7. The van der Waals surface area contributed by atoms with Crippen molar-refractivity contribution < 1.29 is 18.4 Å². The number of hydrogen-bond donors (Lipinski definition) is 2. The van der Waals surface area contributed by atoms with E-state index in [4.69, 9.17) is 0 Å². The Morgan fingerprint density at radius 1 is 1.04 bits per heavy atom. The molecule has 3 aromatic rings. The highest BCUT2D eigenvalue weighted by molar-refractivity contribution is 7.14. The second-order valence-corrected chi connectivity index (χ2v) is 6.14. The SMILES string of the molecule is O=C(CNC(=O)c1ccc(F)cc1)Nc1nc(-c2cccc(F)c2)cs1. The van der Waals surface area contributed by atoms with Crippen LogP contribution in [-0.4, -0.2) is 23.3 Å². The fourth-order valence-corrected chi connectivity index (χ4v) is 2.87. The van der Waals surface area contributed by atoms with E-state index < -0.39 is 17.6 Å². The molecule has 0 unspecified atom stereocenters. The van der Waals surface area contributed by atoms with Gasteiger partial charge in [0.1, 0.15) is 11.6 Å². The van der Waals surface area contributed by atoms with Crippen LogP contribution in [0.25, 0.3) is 11.3 Å². The van der Waals surface area contributed by atoms with Gasteiger partial charge in [-0.1, -0.05) is 12.1 Å². The molecule has 1 aromatic heterocycles. The van der Waals surface area contributed by atoms with Gasteiger partial charge in [0.15, 0.2) is 5.13 Å². The number of halogens is 2. The predicted molar refractivity (Wildman–Crippen MR) is 94.9 cm³/mol. The third kappa shape index (κ3) is 4.48. The molecule has 5 nitrogen and oxygen atoms in total. The van der Waals surface area contributed by atoms with Crippen LogP contribution in [-0.2, 0) is 4.79 Å². The average molecular weight is 373 g/mol. The number of rotatable bonds is 5. The van der Waals surface area contributed by atoms with Crippen LogP contribution in [0.2, 0.25) is 0 Å². The van der Waals surface area contributed by atoms with Gasteiger partial charge in [0.2, 0.25) is 5.91 Å². The number of aromatic nitrogens is 1. The minimum Gasteiger partial charge on any atom is -0.343 e. The molecular formula is C18H13F2N3O2S. The lowest BCUT2D eigenvalue weighted by Crippen LogP contribution is -2.32.